The lowest BCUT2D eigenvalue weighted by Crippen LogP contribution is -1.96. The molecule has 9 rings (SSSR count). The van der Waals surface area contributed by atoms with E-state index < -0.39 is 0 Å². The number of furan rings is 1. The fraction of sp³-hybridized carbons (Fsp3) is 0. The molecule has 0 atom stereocenters. The third kappa shape index (κ3) is 5.48. The van der Waals surface area contributed by atoms with Gasteiger partial charge in [0.1, 0.15) is 11.2 Å². The summed E-state index contributed by atoms with van der Waals surface area (Å²) in [6, 6.07) is 63.3. The molecular weight excluding hydrogens is 597 g/mol. The summed E-state index contributed by atoms with van der Waals surface area (Å²) < 4.78 is 6.42. The first-order chi connectivity index (χ1) is 24.3. The molecule has 0 aliphatic carbocycles. The lowest BCUT2D eigenvalue weighted by molar-refractivity contribution is 0.669. The Balaban J connectivity index is 1.15. The summed E-state index contributed by atoms with van der Waals surface area (Å²) in [6.45, 7) is 0. The molecule has 49 heavy (non-hydrogen) atoms. The number of fused-ring (bicyclic) bond motifs is 3. The number of hydrogen-bond donors (Lipinski definition) is 0. The number of rotatable bonds is 6. The van der Waals surface area contributed by atoms with Gasteiger partial charge >= 0.3 is 0 Å². The van der Waals surface area contributed by atoms with E-state index in [1.54, 1.807) is 0 Å². The molecular formula is C46H30N2O. The van der Waals surface area contributed by atoms with Crippen LogP contribution in [0.15, 0.2) is 186 Å². The van der Waals surface area contributed by atoms with E-state index in [-0.39, 0.29) is 0 Å². The Morgan fingerprint density at radius 1 is 0.327 bits per heavy atom. The molecule has 3 heteroatoms. The Labute approximate surface area is 284 Å². The van der Waals surface area contributed by atoms with Gasteiger partial charge in [-0.2, -0.15) is 0 Å². The van der Waals surface area contributed by atoms with E-state index in [0.717, 1.165) is 61.1 Å². The molecule has 0 aliphatic heterocycles. The van der Waals surface area contributed by atoms with Crippen molar-refractivity contribution in [2.75, 3.05) is 0 Å². The molecule has 2 aromatic heterocycles. The minimum atomic E-state index is 0.667. The Morgan fingerprint density at radius 3 is 1.43 bits per heavy atom. The minimum Gasteiger partial charge on any atom is -0.456 e. The molecule has 2 heterocycles. The molecule has 0 N–H and O–H groups in total. The number of aromatic nitrogens is 2. The van der Waals surface area contributed by atoms with Crippen molar-refractivity contribution in [3.05, 3.63) is 182 Å². The Bertz CT molecular complexity index is 2510. The van der Waals surface area contributed by atoms with Gasteiger partial charge in [-0.1, -0.05) is 152 Å². The number of nitrogens with zero attached hydrogens (tertiary/aromatic N) is 2. The Morgan fingerprint density at radius 2 is 0.796 bits per heavy atom. The molecule has 0 radical (unpaired) electrons. The van der Waals surface area contributed by atoms with Crippen LogP contribution in [0.1, 0.15) is 0 Å². The van der Waals surface area contributed by atoms with Crippen molar-refractivity contribution in [2.45, 2.75) is 0 Å². The molecule has 0 spiro atoms. The highest BCUT2D eigenvalue weighted by Crippen LogP contribution is 2.39. The maximum Gasteiger partial charge on any atom is 0.161 e. The molecule has 0 bridgehead atoms. The molecule has 0 saturated carbocycles. The van der Waals surface area contributed by atoms with Crippen molar-refractivity contribution in [3.8, 4) is 67.3 Å². The maximum atomic E-state index is 6.42. The van der Waals surface area contributed by atoms with Crippen LogP contribution in [0.4, 0.5) is 0 Å². The number of benzene rings is 7. The molecule has 0 saturated heterocycles. The van der Waals surface area contributed by atoms with Crippen molar-refractivity contribution >= 4 is 21.9 Å². The van der Waals surface area contributed by atoms with Crippen LogP contribution in [-0.2, 0) is 0 Å². The van der Waals surface area contributed by atoms with E-state index in [9.17, 15) is 0 Å². The quantitative estimate of drug-likeness (QED) is 0.184. The van der Waals surface area contributed by atoms with Crippen LogP contribution < -0.4 is 0 Å². The van der Waals surface area contributed by atoms with E-state index in [2.05, 4.69) is 127 Å². The van der Waals surface area contributed by atoms with Gasteiger partial charge < -0.3 is 4.42 Å². The zero-order chi connectivity index (χ0) is 32.6. The summed E-state index contributed by atoms with van der Waals surface area (Å²) in [5.74, 6) is 0.667. The van der Waals surface area contributed by atoms with Gasteiger partial charge in [-0.05, 0) is 63.7 Å². The van der Waals surface area contributed by atoms with E-state index in [0.29, 0.717) is 5.82 Å². The van der Waals surface area contributed by atoms with Crippen LogP contribution in [0, 0.1) is 0 Å². The monoisotopic (exact) mass is 626 g/mol. The summed E-state index contributed by atoms with van der Waals surface area (Å²) in [5.41, 5.74) is 13.5. The summed E-state index contributed by atoms with van der Waals surface area (Å²) in [7, 11) is 0. The third-order valence-electron chi connectivity index (χ3n) is 9.12. The summed E-state index contributed by atoms with van der Waals surface area (Å²) in [4.78, 5) is 10.3. The lowest BCUT2D eigenvalue weighted by Gasteiger charge is -2.10. The van der Waals surface area contributed by atoms with Gasteiger partial charge in [0, 0.05) is 27.5 Å². The van der Waals surface area contributed by atoms with E-state index in [1.807, 2.05) is 54.6 Å². The van der Waals surface area contributed by atoms with Crippen molar-refractivity contribution in [3.63, 3.8) is 0 Å². The standard InChI is InChI=1S/C46H30N2O/c1-4-12-31(13-5-1)32-22-24-33(25-23-32)36-18-10-19-37(28-36)38-26-27-43-40(29-38)45-39(20-11-21-44(45)49-43)46-47-41(34-14-6-2-7-15-34)30-42(48-46)35-16-8-3-9-17-35/h1-30H. The zero-order valence-electron chi connectivity index (χ0n) is 26.6. The molecule has 7 aromatic carbocycles. The fourth-order valence-electron chi connectivity index (χ4n) is 6.64. The Kier molecular flexibility index (Phi) is 7.14. The van der Waals surface area contributed by atoms with Gasteiger partial charge in [0.25, 0.3) is 0 Å². The average Bonchev–Trinajstić information content (AvgIpc) is 3.57. The topological polar surface area (TPSA) is 38.9 Å². The second kappa shape index (κ2) is 12.2. The van der Waals surface area contributed by atoms with Crippen molar-refractivity contribution in [1.29, 1.82) is 0 Å². The highest BCUT2D eigenvalue weighted by atomic mass is 16.3. The number of hydrogen-bond acceptors (Lipinski definition) is 3. The van der Waals surface area contributed by atoms with Crippen LogP contribution in [-0.4, -0.2) is 9.97 Å². The van der Waals surface area contributed by atoms with E-state index >= 15 is 0 Å². The molecule has 9 aromatic rings. The first-order valence-electron chi connectivity index (χ1n) is 16.5. The van der Waals surface area contributed by atoms with Crippen LogP contribution >= 0.6 is 0 Å². The average molecular weight is 627 g/mol. The lowest BCUT2D eigenvalue weighted by atomic mass is 9.96. The predicted octanol–water partition coefficient (Wildman–Crippen LogP) is 12.4. The van der Waals surface area contributed by atoms with Crippen molar-refractivity contribution in [2.24, 2.45) is 0 Å². The zero-order valence-corrected chi connectivity index (χ0v) is 26.6. The molecule has 0 unspecified atom stereocenters. The highest BCUT2D eigenvalue weighted by molar-refractivity contribution is 6.12. The van der Waals surface area contributed by atoms with Crippen LogP contribution in [0.25, 0.3) is 89.2 Å². The van der Waals surface area contributed by atoms with Gasteiger partial charge in [-0.15, -0.1) is 0 Å². The first-order valence-corrected chi connectivity index (χ1v) is 16.5. The molecule has 0 fully saturated rings. The largest absolute Gasteiger partial charge is 0.456 e. The highest BCUT2D eigenvalue weighted by Gasteiger charge is 2.18. The molecule has 3 nitrogen and oxygen atoms in total. The van der Waals surface area contributed by atoms with E-state index in [4.69, 9.17) is 14.4 Å². The summed E-state index contributed by atoms with van der Waals surface area (Å²) in [5, 5.41) is 2.05. The molecule has 0 aliphatic rings. The normalized spacial score (nSPS) is 11.3. The van der Waals surface area contributed by atoms with Crippen LogP contribution in [0.5, 0.6) is 0 Å². The van der Waals surface area contributed by atoms with Crippen LogP contribution in [0.2, 0.25) is 0 Å². The predicted molar refractivity (Wildman–Crippen MR) is 202 cm³/mol. The maximum absolute atomic E-state index is 6.42. The summed E-state index contributed by atoms with van der Waals surface area (Å²) in [6.07, 6.45) is 0. The van der Waals surface area contributed by atoms with Crippen molar-refractivity contribution < 1.29 is 4.42 Å². The minimum absolute atomic E-state index is 0.667. The van der Waals surface area contributed by atoms with Gasteiger partial charge in [-0.3, -0.25) is 0 Å². The second-order valence-corrected chi connectivity index (χ2v) is 12.2. The molecule has 230 valence electrons. The van der Waals surface area contributed by atoms with Gasteiger partial charge in [-0.25, -0.2) is 9.97 Å². The second-order valence-electron chi connectivity index (χ2n) is 12.2. The fourth-order valence-corrected chi connectivity index (χ4v) is 6.64. The third-order valence-corrected chi connectivity index (χ3v) is 9.12. The summed E-state index contributed by atoms with van der Waals surface area (Å²) >= 11 is 0. The molecule has 0 amide bonds. The van der Waals surface area contributed by atoms with Gasteiger partial charge in [0.2, 0.25) is 0 Å². The first kappa shape index (κ1) is 28.6. The van der Waals surface area contributed by atoms with Crippen molar-refractivity contribution in [1.82, 2.24) is 9.97 Å². The van der Waals surface area contributed by atoms with Gasteiger partial charge in [0.15, 0.2) is 5.82 Å². The SMILES string of the molecule is c1ccc(-c2ccc(-c3cccc(-c4ccc5oc6cccc(-c7nc(-c8ccccc8)cc(-c8ccccc8)n7)c6c5c4)c3)cc2)cc1. The van der Waals surface area contributed by atoms with E-state index in [1.165, 1.54) is 22.3 Å². The smallest absolute Gasteiger partial charge is 0.161 e. The van der Waals surface area contributed by atoms with Crippen LogP contribution in [0.3, 0.4) is 0 Å². The Hall–Kier alpha value is -6.58. The van der Waals surface area contributed by atoms with Gasteiger partial charge in [0.05, 0.1) is 11.4 Å².